The number of nitrogens with zero attached hydrogens (tertiary/aromatic N) is 2. The van der Waals surface area contributed by atoms with Gasteiger partial charge in [0.2, 0.25) is 0 Å². The number of rotatable bonds is 16. The zero-order valence-corrected chi connectivity index (χ0v) is 74.3. The van der Waals surface area contributed by atoms with Gasteiger partial charge in [-0.3, -0.25) is 9.97 Å². The third-order valence-corrected chi connectivity index (χ3v) is 17.9. The van der Waals surface area contributed by atoms with Crippen molar-refractivity contribution in [3.8, 4) is 89.0 Å². The van der Waals surface area contributed by atoms with Crippen LogP contribution in [-0.4, -0.2) is 60.3 Å². The largest absolute Gasteiger partial charge is 2.00 e. The number of ether oxygens (including phenoxy) is 2. The molecule has 0 fully saturated rings. The molecule has 116 heavy (non-hydrogen) atoms. The first-order valence-electron chi connectivity index (χ1n) is 37.9. The van der Waals surface area contributed by atoms with Crippen molar-refractivity contribution in [2.45, 2.75) is 83.1 Å². The van der Waals surface area contributed by atoms with Crippen LogP contribution in [0.4, 0.5) is 0 Å². The minimum atomic E-state index is -1.16. The van der Waals surface area contributed by atoms with Gasteiger partial charge in [0.15, 0.2) is 0 Å². The van der Waals surface area contributed by atoms with Crippen LogP contribution in [0.5, 0.6) is 0 Å². The molecular weight excluding hydrogens is 1540 g/mol. The van der Waals surface area contributed by atoms with Crippen LogP contribution in [-0.2, 0) is 48.4 Å². The van der Waals surface area contributed by atoms with Gasteiger partial charge in [-0.2, -0.15) is 0 Å². The molecule has 2 aromatic heterocycles. The first-order chi connectivity index (χ1) is 55.1. The number of hydrogen-bond donors (Lipinski definition) is 0. The molecule has 580 valence electrons. The van der Waals surface area contributed by atoms with E-state index in [0.29, 0.717) is 44.5 Å². The number of pyridine rings is 2. The monoisotopic (exact) mass is 1640 g/mol. The Morgan fingerprint density at radius 2 is 0.345 bits per heavy atom. The Balaban J connectivity index is 0.000000251. The summed E-state index contributed by atoms with van der Waals surface area (Å²) in [5.74, 6) is -4.62. The number of aromatic carboxylic acids is 4. The second-order valence-electron chi connectivity index (χ2n) is 26.6. The van der Waals surface area contributed by atoms with Gasteiger partial charge in [0.25, 0.3) is 0 Å². The van der Waals surface area contributed by atoms with Crippen molar-refractivity contribution in [1.29, 1.82) is 0 Å². The van der Waals surface area contributed by atoms with Crippen molar-refractivity contribution in [1.82, 2.24) is 9.97 Å². The van der Waals surface area contributed by atoms with Crippen LogP contribution >= 0.6 is 0 Å². The van der Waals surface area contributed by atoms with E-state index in [1.807, 2.05) is 386 Å². The van der Waals surface area contributed by atoms with E-state index >= 15 is 0 Å². The van der Waals surface area contributed by atoms with Gasteiger partial charge in [0, 0.05) is 73.5 Å². The van der Waals surface area contributed by atoms with Crippen molar-refractivity contribution in [3.05, 3.63) is 395 Å². The zero-order chi connectivity index (χ0) is 82.3. The summed E-state index contributed by atoms with van der Waals surface area (Å²) in [5, 5.41) is 47.2. The van der Waals surface area contributed by atoms with Gasteiger partial charge in [0.1, 0.15) is 0 Å². The summed E-state index contributed by atoms with van der Waals surface area (Å²) in [5.41, 5.74) is 22.5. The molecule has 0 amide bonds. The summed E-state index contributed by atoms with van der Waals surface area (Å²) >= 11 is 0. The Hall–Kier alpha value is -12.0. The molecule has 0 atom stereocenters. The molecule has 0 aliphatic rings. The summed E-state index contributed by atoms with van der Waals surface area (Å²) in [7, 11) is 0. The van der Waals surface area contributed by atoms with E-state index in [1.165, 1.54) is 0 Å². The van der Waals surface area contributed by atoms with Crippen molar-refractivity contribution in [2.24, 2.45) is 0 Å². The van der Waals surface area contributed by atoms with Gasteiger partial charge in [-0.15, -0.1) is 0 Å². The normalized spacial score (nSPS) is 9.90. The number of carboxylic acids is 4. The van der Waals surface area contributed by atoms with E-state index in [-0.39, 0.29) is 61.2 Å². The third-order valence-electron chi connectivity index (χ3n) is 17.9. The molecule has 0 bridgehead atoms. The Labute approximate surface area is 710 Å². The van der Waals surface area contributed by atoms with Crippen molar-refractivity contribution in [3.63, 3.8) is 0 Å². The number of aromatic nitrogens is 2. The van der Waals surface area contributed by atoms with Gasteiger partial charge < -0.3 is 49.1 Å². The van der Waals surface area contributed by atoms with Gasteiger partial charge in [-0.05, 0) is 196 Å². The fourth-order valence-corrected chi connectivity index (χ4v) is 11.9. The topological polar surface area (TPSA) is 205 Å². The van der Waals surface area contributed by atoms with E-state index in [0.717, 1.165) is 115 Å². The van der Waals surface area contributed by atoms with Gasteiger partial charge in [0.05, 0.1) is 23.9 Å². The molecule has 0 radical (unpaired) electrons. The van der Waals surface area contributed by atoms with Crippen molar-refractivity contribution >= 4 is 23.9 Å². The Bertz CT molecular complexity index is 4340. The first kappa shape index (κ1) is 94.6. The van der Waals surface area contributed by atoms with Crippen LogP contribution in [0.1, 0.15) is 114 Å². The number of benzene rings is 12. The van der Waals surface area contributed by atoms with E-state index in [2.05, 4.69) is 9.97 Å². The summed E-state index contributed by atoms with van der Waals surface area (Å²) in [6.07, 6.45) is 7.00. The quantitative estimate of drug-likeness (QED) is 0.0829. The summed E-state index contributed by atoms with van der Waals surface area (Å²) < 4.78 is 9.67. The summed E-state index contributed by atoms with van der Waals surface area (Å²) in [4.78, 5) is 54.8. The second kappa shape index (κ2) is 50.3. The minimum Gasteiger partial charge on any atom is -0.545 e. The maximum atomic E-state index is 11.8. The zero-order valence-electron chi connectivity index (χ0n) is 68.4. The SMILES string of the molecule is CCOCC.CCOCC.Cc1ccc(-c2cccc(-c3ccc(C)cc3)c2C(=O)[O-])cc1.Cc1ccc(-c2cccc(-c3ccc(C)cc3)c2C(=O)[O-])cc1.Cc1ccc(-c2cccc(-c3ccc(C)cc3)c2C(=O)[O-])cc1.Cc1ccc(-c2cccc(-c3ccc(C)cc3)c2C(=O)[O-])cc1.[Zn+2].[Zn+2].c1ccncc1.c1ccncc1. The number of hydrogen-bond acceptors (Lipinski definition) is 12. The minimum absolute atomic E-state index is 0. The van der Waals surface area contributed by atoms with Crippen LogP contribution in [0, 0.1) is 55.4 Å². The maximum absolute atomic E-state index is 11.8. The van der Waals surface area contributed by atoms with Crippen LogP contribution < -0.4 is 20.4 Å². The summed E-state index contributed by atoms with van der Waals surface area (Å²) in [6.45, 7) is 27.4. The number of aryl methyl sites for hydroxylation is 8. The smallest absolute Gasteiger partial charge is 0.545 e. The molecule has 0 saturated carbocycles. The Morgan fingerprint density at radius 1 is 0.216 bits per heavy atom. The molecule has 14 aromatic rings. The van der Waals surface area contributed by atoms with Crippen molar-refractivity contribution < 1.29 is 88.0 Å². The van der Waals surface area contributed by atoms with E-state index in [1.54, 1.807) is 24.8 Å². The molecule has 0 aliphatic heterocycles. The molecule has 2 heterocycles. The van der Waals surface area contributed by atoms with Crippen LogP contribution in [0.3, 0.4) is 0 Å². The average molecular weight is 1640 g/mol. The molecule has 0 unspecified atom stereocenters. The predicted molar refractivity (Wildman–Crippen MR) is 457 cm³/mol. The maximum Gasteiger partial charge on any atom is 2.00 e. The molecular formula is C102H98N2O10Zn2. The van der Waals surface area contributed by atoms with Crippen LogP contribution in [0.15, 0.2) is 328 Å². The standard InChI is InChI=1S/4C21H18O2.2C5H5N.2C4H10O.2Zn/c4*1-14-6-10-16(11-7-14)18-4-3-5-19(20(18)21(22)23)17-12-8-15(2)9-13-17;2*1-2-4-6-5-3-1;2*1-3-5-4-2;;/h4*3-13H,1-2H3,(H,22,23);2*1-5H;2*3-4H2,1-2H3;;/q;;;;;;;;2*+2/p-4. The van der Waals surface area contributed by atoms with Crippen LogP contribution in [0.25, 0.3) is 89.0 Å². The number of carbonyl (C=O) groups is 4. The Kier molecular flexibility index (Phi) is 41.0. The second-order valence-corrected chi connectivity index (χ2v) is 26.6. The molecule has 0 N–H and O–H groups in total. The third kappa shape index (κ3) is 29.4. The Morgan fingerprint density at radius 3 is 0.422 bits per heavy atom. The fraction of sp³-hybridized carbons (Fsp3) is 0.157. The summed E-state index contributed by atoms with van der Waals surface area (Å²) in [6, 6.07) is 96.3. The van der Waals surface area contributed by atoms with Gasteiger partial charge in [-0.25, -0.2) is 0 Å². The predicted octanol–water partition coefficient (Wildman–Crippen LogP) is 20.2. The number of carboxylic acid groups (broad SMARTS) is 4. The molecule has 12 aromatic carbocycles. The molecule has 14 rings (SSSR count). The molecule has 0 aliphatic carbocycles. The first-order valence-corrected chi connectivity index (χ1v) is 37.9. The van der Waals surface area contributed by atoms with Crippen LogP contribution in [0.2, 0.25) is 0 Å². The van der Waals surface area contributed by atoms with Gasteiger partial charge >= 0.3 is 39.0 Å². The molecule has 14 heteroatoms. The van der Waals surface area contributed by atoms with Gasteiger partial charge in [-0.1, -0.05) is 324 Å². The molecule has 0 spiro atoms. The van der Waals surface area contributed by atoms with Crippen molar-refractivity contribution in [2.75, 3.05) is 26.4 Å². The van der Waals surface area contributed by atoms with E-state index < -0.39 is 23.9 Å². The molecule has 12 nitrogen and oxygen atoms in total. The molecule has 0 saturated heterocycles. The average Bonchev–Trinajstić information content (AvgIpc) is 0.808. The fourth-order valence-electron chi connectivity index (χ4n) is 11.9. The van der Waals surface area contributed by atoms with E-state index in [4.69, 9.17) is 9.47 Å². The number of carbonyl (C=O) groups excluding carboxylic acids is 4. The van der Waals surface area contributed by atoms with E-state index in [9.17, 15) is 39.6 Å².